The summed E-state index contributed by atoms with van der Waals surface area (Å²) in [4.78, 5) is 4.68. The van der Waals surface area contributed by atoms with Gasteiger partial charge in [0.05, 0.1) is 0 Å². The van der Waals surface area contributed by atoms with Gasteiger partial charge in [0.1, 0.15) is 0 Å². The van der Waals surface area contributed by atoms with E-state index in [0.29, 0.717) is 12.0 Å². The maximum Gasteiger partial charge on any atom is 0.0482 e. The lowest BCUT2D eigenvalue weighted by Gasteiger charge is -2.24. The molecule has 21 heavy (non-hydrogen) atoms. The van der Waals surface area contributed by atoms with Gasteiger partial charge in [-0.3, -0.25) is 4.98 Å². The van der Waals surface area contributed by atoms with E-state index in [1.54, 1.807) is 0 Å². The standard InChI is InChI=1S/C19H22N2/c1-20-19(15-10-9-14-8-5-11-21-18(14)15)17-12-16(17)13-6-3-2-4-7-13/h2-8,11,15-17,19-20H,9-10,12H2,1H3. The molecule has 2 heteroatoms. The van der Waals surface area contributed by atoms with Gasteiger partial charge in [-0.15, -0.1) is 0 Å². The summed E-state index contributed by atoms with van der Waals surface area (Å²) in [6, 6.07) is 15.9. The van der Waals surface area contributed by atoms with E-state index >= 15 is 0 Å². The van der Waals surface area contributed by atoms with Gasteiger partial charge in [-0.2, -0.15) is 0 Å². The number of likely N-dealkylation sites (N-methyl/N-ethyl adjacent to an activating group) is 1. The zero-order chi connectivity index (χ0) is 14.2. The zero-order valence-electron chi connectivity index (χ0n) is 12.5. The molecule has 0 radical (unpaired) electrons. The Balaban J connectivity index is 1.55. The second-order valence-electron chi connectivity index (χ2n) is 6.42. The molecular weight excluding hydrogens is 256 g/mol. The van der Waals surface area contributed by atoms with Crippen LogP contribution in [0.2, 0.25) is 0 Å². The van der Waals surface area contributed by atoms with Crippen molar-refractivity contribution in [3.05, 3.63) is 65.5 Å². The van der Waals surface area contributed by atoms with Crippen LogP contribution in [0.15, 0.2) is 48.7 Å². The number of nitrogens with one attached hydrogen (secondary N) is 1. The molecule has 2 aliphatic carbocycles. The SMILES string of the molecule is CNC(C1CCc2cccnc21)C1CC1c1ccccc1. The van der Waals surface area contributed by atoms with E-state index in [0.717, 1.165) is 11.8 Å². The summed E-state index contributed by atoms with van der Waals surface area (Å²) in [5, 5.41) is 3.61. The van der Waals surface area contributed by atoms with Crippen molar-refractivity contribution < 1.29 is 0 Å². The Labute approximate surface area is 126 Å². The van der Waals surface area contributed by atoms with E-state index in [2.05, 4.69) is 59.8 Å². The highest BCUT2D eigenvalue weighted by Gasteiger charge is 2.47. The maximum atomic E-state index is 4.68. The smallest absolute Gasteiger partial charge is 0.0482 e. The minimum atomic E-state index is 0.561. The van der Waals surface area contributed by atoms with Crippen LogP contribution >= 0.6 is 0 Å². The summed E-state index contributed by atoms with van der Waals surface area (Å²) in [5.41, 5.74) is 4.30. The summed E-state index contributed by atoms with van der Waals surface area (Å²) in [5.74, 6) is 2.08. The molecule has 1 heterocycles. The molecule has 1 N–H and O–H groups in total. The highest BCUT2D eigenvalue weighted by atomic mass is 14.9. The van der Waals surface area contributed by atoms with Crippen molar-refractivity contribution in [2.75, 3.05) is 7.05 Å². The van der Waals surface area contributed by atoms with Gasteiger partial charge in [-0.1, -0.05) is 36.4 Å². The normalized spacial score (nSPS) is 28.1. The van der Waals surface area contributed by atoms with Gasteiger partial charge in [0.15, 0.2) is 0 Å². The van der Waals surface area contributed by atoms with E-state index in [9.17, 15) is 0 Å². The number of rotatable bonds is 4. The van der Waals surface area contributed by atoms with Gasteiger partial charge in [0, 0.05) is 23.9 Å². The monoisotopic (exact) mass is 278 g/mol. The Kier molecular flexibility index (Phi) is 3.27. The Morgan fingerprint density at radius 2 is 2.00 bits per heavy atom. The quantitative estimate of drug-likeness (QED) is 0.926. The first-order valence-corrected chi connectivity index (χ1v) is 8.04. The van der Waals surface area contributed by atoms with Gasteiger partial charge in [-0.05, 0) is 55.3 Å². The highest BCUT2D eigenvalue weighted by Crippen LogP contribution is 2.53. The van der Waals surface area contributed by atoms with Crippen LogP contribution in [-0.4, -0.2) is 18.1 Å². The summed E-state index contributed by atoms with van der Waals surface area (Å²) < 4.78 is 0. The molecule has 2 aliphatic rings. The molecule has 1 aromatic carbocycles. The molecule has 0 bridgehead atoms. The van der Waals surface area contributed by atoms with E-state index < -0.39 is 0 Å². The fourth-order valence-corrected chi connectivity index (χ4v) is 4.20. The van der Waals surface area contributed by atoms with Crippen molar-refractivity contribution in [3.8, 4) is 0 Å². The van der Waals surface area contributed by atoms with Crippen molar-refractivity contribution in [1.29, 1.82) is 0 Å². The lowest BCUT2D eigenvalue weighted by molar-refractivity contribution is 0.404. The predicted molar refractivity (Wildman–Crippen MR) is 85.4 cm³/mol. The number of hydrogen-bond acceptors (Lipinski definition) is 2. The number of aromatic nitrogens is 1. The Bertz CT molecular complexity index is 622. The molecule has 2 nitrogen and oxygen atoms in total. The van der Waals surface area contributed by atoms with Crippen molar-refractivity contribution in [2.45, 2.75) is 37.1 Å². The molecule has 1 aromatic heterocycles. The molecular formula is C19H22N2. The van der Waals surface area contributed by atoms with Crippen molar-refractivity contribution in [2.24, 2.45) is 5.92 Å². The van der Waals surface area contributed by atoms with E-state index in [1.807, 2.05) is 6.20 Å². The first-order chi connectivity index (χ1) is 10.4. The molecule has 0 amide bonds. The van der Waals surface area contributed by atoms with Crippen LogP contribution < -0.4 is 5.32 Å². The van der Waals surface area contributed by atoms with Crippen LogP contribution in [0.5, 0.6) is 0 Å². The number of benzene rings is 1. The molecule has 0 aliphatic heterocycles. The molecule has 4 unspecified atom stereocenters. The molecule has 0 saturated heterocycles. The summed E-state index contributed by atoms with van der Waals surface area (Å²) in [7, 11) is 2.12. The van der Waals surface area contributed by atoms with Gasteiger partial charge in [0.25, 0.3) is 0 Å². The number of aryl methyl sites for hydroxylation is 1. The number of nitrogens with zero attached hydrogens (tertiary/aromatic N) is 1. The maximum absolute atomic E-state index is 4.68. The second kappa shape index (κ2) is 5.27. The average molecular weight is 278 g/mol. The first kappa shape index (κ1) is 13.0. The van der Waals surface area contributed by atoms with Crippen LogP contribution in [0.1, 0.15) is 41.5 Å². The third kappa shape index (κ3) is 2.28. The van der Waals surface area contributed by atoms with E-state index in [1.165, 1.54) is 36.1 Å². The van der Waals surface area contributed by atoms with Crippen molar-refractivity contribution in [3.63, 3.8) is 0 Å². The summed E-state index contributed by atoms with van der Waals surface area (Å²) in [6.45, 7) is 0. The molecule has 0 spiro atoms. The lowest BCUT2D eigenvalue weighted by atomic mass is 9.91. The first-order valence-electron chi connectivity index (χ1n) is 8.04. The Morgan fingerprint density at radius 1 is 1.14 bits per heavy atom. The Morgan fingerprint density at radius 3 is 2.81 bits per heavy atom. The summed E-state index contributed by atoms with van der Waals surface area (Å²) >= 11 is 0. The topological polar surface area (TPSA) is 24.9 Å². The molecule has 4 atom stereocenters. The highest BCUT2D eigenvalue weighted by molar-refractivity contribution is 5.33. The van der Waals surface area contributed by atoms with Crippen LogP contribution in [-0.2, 0) is 6.42 Å². The van der Waals surface area contributed by atoms with Gasteiger partial charge in [0.2, 0.25) is 0 Å². The fourth-order valence-electron chi connectivity index (χ4n) is 4.20. The fraction of sp³-hybridized carbons (Fsp3) is 0.421. The van der Waals surface area contributed by atoms with Gasteiger partial charge in [-0.25, -0.2) is 0 Å². The third-order valence-corrected chi connectivity index (χ3v) is 5.30. The molecule has 2 aromatic rings. The minimum absolute atomic E-state index is 0.561. The second-order valence-corrected chi connectivity index (χ2v) is 6.42. The van der Waals surface area contributed by atoms with E-state index in [4.69, 9.17) is 0 Å². The zero-order valence-corrected chi connectivity index (χ0v) is 12.5. The number of pyridine rings is 1. The number of fused-ring (bicyclic) bond motifs is 1. The average Bonchev–Trinajstić information content (AvgIpc) is 3.22. The van der Waals surface area contributed by atoms with Crippen molar-refractivity contribution >= 4 is 0 Å². The third-order valence-electron chi connectivity index (χ3n) is 5.30. The van der Waals surface area contributed by atoms with Crippen LogP contribution in [0.3, 0.4) is 0 Å². The summed E-state index contributed by atoms with van der Waals surface area (Å²) in [6.07, 6.45) is 5.70. The van der Waals surface area contributed by atoms with Gasteiger partial charge < -0.3 is 5.32 Å². The molecule has 1 saturated carbocycles. The van der Waals surface area contributed by atoms with Crippen LogP contribution in [0.4, 0.5) is 0 Å². The Hall–Kier alpha value is -1.67. The minimum Gasteiger partial charge on any atom is -0.316 e. The van der Waals surface area contributed by atoms with Crippen LogP contribution in [0, 0.1) is 5.92 Å². The largest absolute Gasteiger partial charge is 0.316 e. The lowest BCUT2D eigenvalue weighted by Crippen LogP contribution is -2.34. The molecule has 108 valence electrons. The van der Waals surface area contributed by atoms with Crippen LogP contribution in [0.25, 0.3) is 0 Å². The van der Waals surface area contributed by atoms with Gasteiger partial charge >= 0.3 is 0 Å². The number of hydrogen-bond donors (Lipinski definition) is 1. The van der Waals surface area contributed by atoms with Crippen molar-refractivity contribution in [1.82, 2.24) is 10.3 Å². The van der Waals surface area contributed by atoms with E-state index in [-0.39, 0.29) is 0 Å². The predicted octanol–water partition coefficient (Wildman–Crippen LogP) is 3.50. The molecule has 1 fully saturated rings. The molecule has 4 rings (SSSR count).